The van der Waals surface area contributed by atoms with Crippen molar-refractivity contribution in [3.05, 3.63) is 0 Å². The van der Waals surface area contributed by atoms with Crippen molar-refractivity contribution in [1.82, 2.24) is 9.80 Å². The lowest BCUT2D eigenvalue weighted by molar-refractivity contribution is 0.236. The van der Waals surface area contributed by atoms with Crippen molar-refractivity contribution in [1.29, 1.82) is 0 Å². The predicted molar refractivity (Wildman–Crippen MR) is 69.4 cm³/mol. The van der Waals surface area contributed by atoms with E-state index >= 15 is 0 Å². The van der Waals surface area contributed by atoms with Crippen LogP contribution in [-0.2, 0) is 0 Å². The molecule has 0 aliphatic carbocycles. The Morgan fingerprint density at radius 1 is 0.933 bits per heavy atom. The topological polar surface area (TPSA) is 6.48 Å². The molecule has 15 heavy (non-hydrogen) atoms. The fourth-order valence-corrected chi connectivity index (χ4v) is 1.73. The van der Waals surface area contributed by atoms with Gasteiger partial charge in [-0.15, -0.1) is 0 Å². The zero-order valence-electron chi connectivity index (χ0n) is 11.4. The molecule has 0 radical (unpaired) electrons. The standard InChI is InChI=1S/C13H30N2/c1-6-15(7-2)12-11-14(5)10-8-9-13(3)4/h13H,6-12H2,1-5H3. The van der Waals surface area contributed by atoms with E-state index in [1.807, 2.05) is 0 Å². The van der Waals surface area contributed by atoms with Crippen molar-refractivity contribution in [3.8, 4) is 0 Å². The fraction of sp³-hybridized carbons (Fsp3) is 1.00. The first kappa shape index (κ1) is 14.9. The Labute approximate surface area is 96.6 Å². The highest BCUT2D eigenvalue weighted by Gasteiger charge is 2.02. The van der Waals surface area contributed by atoms with Crippen molar-refractivity contribution < 1.29 is 0 Å². The minimum Gasteiger partial charge on any atom is -0.305 e. The van der Waals surface area contributed by atoms with E-state index < -0.39 is 0 Å². The maximum absolute atomic E-state index is 2.49. The Hall–Kier alpha value is -0.0800. The van der Waals surface area contributed by atoms with Crippen LogP contribution in [0.25, 0.3) is 0 Å². The van der Waals surface area contributed by atoms with Gasteiger partial charge in [0.15, 0.2) is 0 Å². The van der Waals surface area contributed by atoms with E-state index in [2.05, 4.69) is 44.5 Å². The highest BCUT2D eigenvalue weighted by molar-refractivity contribution is 4.58. The highest BCUT2D eigenvalue weighted by atomic mass is 15.2. The normalized spacial score (nSPS) is 12.0. The average molecular weight is 214 g/mol. The van der Waals surface area contributed by atoms with Gasteiger partial charge in [-0.3, -0.25) is 0 Å². The first-order valence-electron chi connectivity index (χ1n) is 6.51. The van der Waals surface area contributed by atoms with Crippen molar-refractivity contribution in [3.63, 3.8) is 0 Å². The van der Waals surface area contributed by atoms with Crippen LogP contribution in [-0.4, -0.2) is 49.6 Å². The molecule has 0 aromatic heterocycles. The molecular formula is C13H30N2. The molecule has 2 nitrogen and oxygen atoms in total. The quantitative estimate of drug-likeness (QED) is 0.582. The van der Waals surface area contributed by atoms with Crippen molar-refractivity contribution in [2.75, 3.05) is 39.8 Å². The summed E-state index contributed by atoms with van der Waals surface area (Å²) in [6.45, 7) is 15.1. The molecule has 0 aliphatic rings. The van der Waals surface area contributed by atoms with Crippen LogP contribution in [0.2, 0.25) is 0 Å². The van der Waals surface area contributed by atoms with Crippen LogP contribution < -0.4 is 0 Å². The molecule has 0 atom stereocenters. The van der Waals surface area contributed by atoms with Crippen molar-refractivity contribution in [2.24, 2.45) is 5.92 Å². The largest absolute Gasteiger partial charge is 0.305 e. The zero-order valence-corrected chi connectivity index (χ0v) is 11.4. The summed E-state index contributed by atoms with van der Waals surface area (Å²) < 4.78 is 0. The fourth-order valence-electron chi connectivity index (χ4n) is 1.73. The van der Waals surface area contributed by atoms with E-state index in [-0.39, 0.29) is 0 Å². The van der Waals surface area contributed by atoms with E-state index in [1.54, 1.807) is 0 Å². The van der Waals surface area contributed by atoms with Gasteiger partial charge in [0.2, 0.25) is 0 Å². The predicted octanol–water partition coefficient (Wildman–Crippen LogP) is 2.70. The molecule has 0 bridgehead atoms. The van der Waals surface area contributed by atoms with E-state index in [1.165, 1.54) is 45.6 Å². The van der Waals surface area contributed by atoms with Gasteiger partial charge in [-0.1, -0.05) is 27.7 Å². The summed E-state index contributed by atoms with van der Waals surface area (Å²) in [5, 5.41) is 0. The van der Waals surface area contributed by atoms with Crippen molar-refractivity contribution in [2.45, 2.75) is 40.5 Å². The third-order valence-electron chi connectivity index (χ3n) is 3.01. The number of likely N-dealkylation sites (N-methyl/N-ethyl adjacent to an activating group) is 2. The Morgan fingerprint density at radius 2 is 1.53 bits per heavy atom. The van der Waals surface area contributed by atoms with Gasteiger partial charge >= 0.3 is 0 Å². The molecular weight excluding hydrogens is 184 g/mol. The van der Waals surface area contributed by atoms with Crippen LogP contribution in [0.1, 0.15) is 40.5 Å². The molecule has 0 spiro atoms. The smallest absolute Gasteiger partial charge is 0.0109 e. The Bertz CT molecular complexity index is 130. The maximum atomic E-state index is 2.49. The van der Waals surface area contributed by atoms with E-state index in [0.29, 0.717) is 0 Å². The summed E-state index contributed by atoms with van der Waals surface area (Å²) in [5.41, 5.74) is 0. The van der Waals surface area contributed by atoms with Gasteiger partial charge in [0.05, 0.1) is 0 Å². The lowest BCUT2D eigenvalue weighted by Gasteiger charge is -2.23. The van der Waals surface area contributed by atoms with E-state index in [0.717, 1.165) is 5.92 Å². The molecule has 2 heteroatoms. The molecule has 92 valence electrons. The number of hydrogen-bond donors (Lipinski definition) is 0. The van der Waals surface area contributed by atoms with Crippen LogP contribution in [0.3, 0.4) is 0 Å². The van der Waals surface area contributed by atoms with Gasteiger partial charge in [0, 0.05) is 13.1 Å². The number of hydrogen-bond acceptors (Lipinski definition) is 2. The molecule has 0 amide bonds. The second kappa shape index (κ2) is 9.17. The van der Waals surface area contributed by atoms with Crippen LogP contribution in [0.4, 0.5) is 0 Å². The molecule has 0 aromatic carbocycles. The third kappa shape index (κ3) is 8.88. The average Bonchev–Trinajstić information content (AvgIpc) is 2.18. The molecule has 0 unspecified atom stereocenters. The first-order valence-corrected chi connectivity index (χ1v) is 6.51. The third-order valence-corrected chi connectivity index (χ3v) is 3.01. The van der Waals surface area contributed by atoms with Gasteiger partial charge < -0.3 is 9.80 Å². The summed E-state index contributed by atoms with van der Waals surface area (Å²) >= 11 is 0. The Balaban J connectivity index is 3.43. The first-order chi connectivity index (χ1) is 7.10. The number of nitrogens with zero attached hydrogens (tertiary/aromatic N) is 2. The van der Waals surface area contributed by atoms with E-state index in [9.17, 15) is 0 Å². The Kier molecular flexibility index (Phi) is 9.12. The molecule has 0 N–H and O–H groups in total. The van der Waals surface area contributed by atoms with Crippen molar-refractivity contribution >= 4 is 0 Å². The summed E-state index contributed by atoms with van der Waals surface area (Å²) in [6, 6.07) is 0. The van der Waals surface area contributed by atoms with Gasteiger partial charge in [0.1, 0.15) is 0 Å². The van der Waals surface area contributed by atoms with Crippen LogP contribution in [0, 0.1) is 5.92 Å². The second-order valence-corrected chi connectivity index (χ2v) is 4.87. The minimum absolute atomic E-state index is 0.848. The van der Waals surface area contributed by atoms with Gasteiger partial charge in [0.25, 0.3) is 0 Å². The number of rotatable bonds is 9. The molecule has 0 fully saturated rings. The van der Waals surface area contributed by atoms with Crippen LogP contribution in [0.15, 0.2) is 0 Å². The molecule has 0 aromatic rings. The SMILES string of the molecule is CCN(CC)CCN(C)CCCC(C)C. The molecule has 0 heterocycles. The van der Waals surface area contributed by atoms with Gasteiger partial charge in [-0.25, -0.2) is 0 Å². The summed E-state index contributed by atoms with van der Waals surface area (Å²) in [4.78, 5) is 4.94. The van der Waals surface area contributed by atoms with Gasteiger partial charge in [-0.05, 0) is 45.4 Å². The van der Waals surface area contributed by atoms with E-state index in [4.69, 9.17) is 0 Å². The maximum Gasteiger partial charge on any atom is 0.0109 e. The monoisotopic (exact) mass is 214 g/mol. The molecule has 0 saturated carbocycles. The zero-order chi connectivity index (χ0) is 11.7. The Morgan fingerprint density at radius 3 is 2.00 bits per heavy atom. The van der Waals surface area contributed by atoms with Gasteiger partial charge in [-0.2, -0.15) is 0 Å². The summed E-state index contributed by atoms with van der Waals surface area (Å²) in [6.07, 6.45) is 2.70. The van der Waals surface area contributed by atoms with Crippen LogP contribution >= 0.6 is 0 Å². The van der Waals surface area contributed by atoms with Crippen LogP contribution in [0.5, 0.6) is 0 Å². The lowest BCUT2D eigenvalue weighted by Crippen LogP contribution is -2.33. The molecule has 0 rings (SSSR count). The molecule has 0 saturated heterocycles. The lowest BCUT2D eigenvalue weighted by atomic mass is 10.1. The summed E-state index contributed by atoms with van der Waals surface area (Å²) in [7, 11) is 2.24. The second-order valence-electron chi connectivity index (χ2n) is 4.87. The highest BCUT2D eigenvalue weighted by Crippen LogP contribution is 2.03. The molecule has 0 aliphatic heterocycles. The summed E-state index contributed by atoms with van der Waals surface area (Å²) in [5.74, 6) is 0.848. The minimum atomic E-state index is 0.848.